The lowest BCUT2D eigenvalue weighted by Crippen LogP contribution is -2.31. The van der Waals surface area contributed by atoms with Crippen molar-refractivity contribution in [1.29, 1.82) is 0 Å². The molecule has 0 bridgehead atoms. The molecule has 0 fully saturated rings. The van der Waals surface area contributed by atoms with Gasteiger partial charge in [-0.2, -0.15) is 4.98 Å². The smallest absolute Gasteiger partial charge is 0.277 e. The van der Waals surface area contributed by atoms with Gasteiger partial charge in [0.2, 0.25) is 5.91 Å². The van der Waals surface area contributed by atoms with Crippen LogP contribution >= 0.6 is 11.8 Å². The average molecular weight is 566 g/mol. The Kier molecular flexibility index (Phi) is 8.95. The Balaban J connectivity index is 1.33. The maximum Gasteiger partial charge on any atom is 0.277 e. The number of halogens is 1. The zero-order valence-corrected chi connectivity index (χ0v) is 23.3. The van der Waals surface area contributed by atoms with Crippen molar-refractivity contribution in [3.8, 4) is 11.1 Å². The van der Waals surface area contributed by atoms with E-state index in [1.165, 1.54) is 30.2 Å². The first-order valence-corrected chi connectivity index (χ1v) is 14.0. The van der Waals surface area contributed by atoms with E-state index in [-0.39, 0.29) is 23.8 Å². The summed E-state index contributed by atoms with van der Waals surface area (Å²) in [4.78, 5) is 40.3. The molecule has 0 N–H and O–H groups in total. The number of hydrogen-bond acceptors (Lipinski definition) is 6. The quantitative estimate of drug-likeness (QED) is 0.167. The van der Waals surface area contributed by atoms with E-state index in [4.69, 9.17) is 0 Å². The van der Waals surface area contributed by atoms with Gasteiger partial charge in [0.25, 0.3) is 5.56 Å². The van der Waals surface area contributed by atoms with E-state index >= 15 is 0 Å². The van der Waals surface area contributed by atoms with Gasteiger partial charge in [-0.05, 0) is 39.9 Å². The van der Waals surface area contributed by atoms with Crippen LogP contribution in [0, 0.1) is 5.82 Å². The normalized spacial score (nSPS) is 10.9. The summed E-state index contributed by atoms with van der Waals surface area (Å²) in [5.41, 5.74) is 4.98. The van der Waals surface area contributed by atoms with Crippen molar-refractivity contribution in [3.63, 3.8) is 0 Å². The van der Waals surface area contributed by atoms with Crippen molar-refractivity contribution in [2.24, 2.45) is 0 Å². The summed E-state index contributed by atoms with van der Waals surface area (Å²) in [6, 6.07) is 24.5. The molecule has 0 spiro atoms. The van der Waals surface area contributed by atoms with Crippen LogP contribution < -0.4 is 5.56 Å². The highest BCUT2D eigenvalue weighted by molar-refractivity contribution is 7.98. The Hall–Kier alpha value is -4.63. The summed E-state index contributed by atoms with van der Waals surface area (Å²) in [7, 11) is 1.76. The molecule has 2 heterocycles. The molecule has 41 heavy (non-hydrogen) atoms. The van der Waals surface area contributed by atoms with Crippen LogP contribution in [0.3, 0.4) is 0 Å². The lowest BCUT2D eigenvalue weighted by molar-refractivity contribution is -0.131. The highest BCUT2D eigenvalue weighted by Gasteiger charge is 2.16. The van der Waals surface area contributed by atoms with Crippen LogP contribution in [0.2, 0.25) is 0 Å². The summed E-state index contributed by atoms with van der Waals surface area (Å²) < 4.78 is 15.1. The molecule has 0 atom stereocenters. The third kappa shape index (κ3) is 7.52. The van der Waals surface area contributed by atoms with E-state index in [1.54, 1.807) is 47.2 Å². The first-order valence-electron chi connectivity index (χ1n) is 13.0. The number of likely N-dealkylation sites (N-methyl/N-ethyl adjacent to an activating group) is 1. The number of benzene rings is 3. The lowest BCUT2D eigenvalue weighted by Gasteiger charge is -2.20. The highest BCUT2D eigenvalue weighted by Crippen LogP contribution is 2.22. The molecule has 0 radical (unpaired) electrons. The van der Waals surface area contributed by atoms with Gasteiger partial charge < -0.3 is 9.47 Å². The minimum Gasteiger partial charge on any atom is -0.340 e. The Morgan fingerprint density at radius 3 is 2.24 bits per heavy atom. The van der Waals surface area contributed by atoms with Crippen LogP contribution in [0.25, 0.3) is 11.1 Å². The summed E-state index contributed by atoms with van der Waals surface area (Å²) in [5, 5.41) is 0.418. The molecule has 0 saturated heterocycles. The molecule has 0 saturated carbocycles. The molecule has 0 aliphatic rings. The highest BCUT2D eigenvalue weighted by atomic mass is 32.2. The van der Waals surface area contributed by atoms with E-state index in [1.807, 2.05) is 30.3 Å². The topological polar surface area (TPSA) is 81.0 Å². The second-order valence-electron chi connectivity index (χ2n) is 9.63. The SMILES string of the molecule is CN(Cc1ccc(-c2ccccc2)cc1)C(=O)Cn1cc(Cc2cncnc2)c(=O)nc1SCc1ccc(F)cc1. The van der Waals surface area contributed by atoms with Gasteiger partial charge in [0.05, 0.1) is 0 Å². The summed E-state index contributed by atoms with van der Waals surface area (Å²) in [5.74, 6) is 0.0303. The lowest BCUT2D eigenvalue weighted by atomic mass is 10.0. The molecule has 1 amide bonds. The van der Waals surface area contributed by atoms with Crippen LogP contribution in [0.4, 0.5) is 4.39 Å². The molecule has 5 aromatic rings. The van der Waals surface area contributed by atoms with Crippen LogP contribution in [0.1, 0.15) is 22.3 Å². The Labute approximate surface area is 241 Å². The Morgan fingerprint density at radius 1 is 0.878 bits per heavy atom. The number of rotatable bonds is 10. The molecule has 2 aromatic heterocycles. The summed E-state index contributed by atoms with van der Waals surface area (Å²) >= 11 is 1.33. The number of aromatic nitrogens is 4. The van der Waals surface area contributed by atoms with Crippen LogP contribution in [0.15, 0.2) is 114 Å². The van der Waals surface area contributed by atoms with Gasteiger partial charge in [-0.25, -0.2) is 14.4 Å². The minimum absolute atomic E-state index is 0.00984. The number of hydrogen-bond donors (Lipinski definition) is 0. The van der Waals surface area contributed by atoms with Gasteiger partial charge >= 0.3 is 0 Å². The van der Waals surface area contributed by atoms with Crippen molar-refractivity contribution < 1.29 is 9.18 Å². The predicted molar refractivity (Wildman–Crippen MR) is 158 cm³/mol. The zero-order valence-electron chi connectivity index (χ0n) is 22.5. The maximum atomic E-state index is 13.4. The van der Waals surface area contributed by atoms with Crippen molar-refractivity contribution in [3.05, 3.63) is 142 Å². The molecular formula is C32H28FN5O2S. The van der Waals surface area contributed by atoms with Crippen molar-refractivity contribution in [1.82, 2.24) is 24.4 Å². The largest absolute Gasteiger partial charge is 0.340 e. The third-order valence-corrected chi connectivity index (χ3v) is 7.59. The van der Waals surface area contributed by atoms with Gasteiger partial charge in [-0.3, -0.25) is 9.59 Å². The molecule has 5 rings (SSSR count). The van der Waals surface area contributed by atoms with E-state index in [2.05, 4.69) is 39.2 Å². The zero-order chi connectivity index (χ0) is 28.6. The predicted octanol–water partition coefficient (Wildman–Crippen LogP) is 5.38. The molecule has 9 heteroatoms. The molecular weight excluding hydrogens is 537 g/mol. The molecule has 7 nitrogen and oxygen atoms in total. The fourth-order valence-electron chi connectivity index (χ4n) is 4.30. The number of carbonyl (C=O) groups excluding carboxylic acids is 1. The average Bonchev–Trinajstić information content (AvgIpc) is 3.00. The number of nitrogens with zero attached hydrogens (tertiary/aromatic N) is 5. The van der Waals surface area contributed by atoms with Crippen molar-refractivity contribution in [2.75, 3.05) is 7.05 Å². The minimum atomic E-state index is -0.369. The summed E-state index contributed by atoms with van der Waals surface area (Å²) in [6.45, 7) is 0.448. The number of carbonyl (C=O) groups is 1. The number of amides is 1. The van der Waals surface area contributed by atoms with Gasteiger partial charge in [0.15, 0.2) is 5.16 Å². The van der Waals surface area contributed by atoms with Gasteiger partial charge in [-0.1, -0.05) is 78.5 Å². The van der Waals surface area contributed by atoms with E-state index in [9.17, 15) is 14.0 Å². The fraction of sp³-hybridized carbons (Fsp3) is 0.156. The molecule has 206 valence electrons. The van der Waals surface area contributed by atoms with Crippen LogP contribution in [-0.4, -0.2) is 37.4 Å². The van der Waals surface area contributed by atoms with Gasteiger partial charge in [0.1, 0.15) is 18.7 Å². The van der Waals surface area contributed by atoms with Crippen LogP contribution in [0.5, 0.6) is 0 Å². The standard InChI is InChI=1S/C32H28FN5O2S/c1-37(18-23-7-11-27(12-8-23)26-5-3-2-4-6-26)30(39)20-38-19-28(15-25-16-34-22-35-17-25)31(40)36-32(38)41-21-24-9-13-29(33)14-10-24/h2-14,16-17,19,22H,15,18,20-21H2,1H3. The van der Waals surface area contributed by atoms with Crippen LogP contribution in [-0.2, 0) is 30.1 Å². The van der Waals surface area contributed by atoms with Crippen molar-refractivity contribution >= 4 is 17.7 Å². The molecule has 0 unspecified atom stereocenters. The van der Waals surface area contributed by atoms with E-state index in [0.29, 0.717) is 29.4 Å². The molecule has 0 aliphatic carbocycles. The Bertz CT molecular complexity index is 1660. The van der Waals surface area contributed by atoms with Gasteiger partial charge in [0, 0.05) is 49.9 Å². The first kappa shape index (κ1) is 27.9. The Morgan fingerprint density at radius 2 is 1.54 bits per heavy atom. The van der Waals surface area contributed by atoms with E-state index < -0.39 is 0 Å². The monoisotopic (exact) mass is 565 g/mol. The maximum absolute atomic E-state index is 13.4. The molecule has 0 aliphatic heterocycles. The third-order valence-electron chi connectivity index (χ3n) is 6.53. The second kappa shape index (κ2) is 13.1. The first-order chi connectivity index (χ1) is 19.9. The second-order valence-corrected chi connectivity index (χ2v) is 10.6. The van der Waals surface area contributed by atoms with Gasteiger partial charge in [-0.15, -0.1) is 0 Å². The summed E-state index contributed by atoms with van der Waals surface area (Å²) in [6.07, 6.45) is 6.72. The fourth-order valence-corrected chi connectivity index (χ4v) is 5.22. The van der Waals surface area contributed by atoms with E-state index in [0.717, 1.165) is 27.8 Å². The molecule has 3 aromatic carbocycles. The number of thioether (sulfide) groups is 1. The van der Waals surface area contributed by atoms with Crippen molar-refractivity contribution in [2.45, 2.75) is 30.4 Å².